The minimum absolute atomic E-state index is 0.207. The molecule has 0 radical (unpaired) electrons. The average Bonchev–Trinajstić information content (AvgIpc) is 2.17. The molecule has 1 unspecified atom stereocenters. The lowest BCUT2D eigenvalue weighted by atomic mass is 10.1. The molecule has 1 rings (SSSR count). The molecule has 0 bridgehead atoms. The highest BCUT2D eigenvalue weighted by atomic mass is 19.1. The minimum Gasteiger partial charge on any atom is -0.475 e. The summed E-state index contributed by atoms with van der Waals surface area (Å²) in [6.07, 6.45) is -1.43. The van der Waals surface area contributed by atoms with Crippen LogP contribution < -0.4 is 4.74 Å². The van der Waals surface area contributed by atoms with Crippen LogP contribution in [0, 0.1) is 17.1 Å². The first-order chi connectivity index (χ1) is 7.04. The number of hydrogen-bond donors (Lipinski definition) is 1. The number of hydrogen-bond acceptors (Lipinski definition) is 3. The lowest BCUT2D eigenvalue weighted by Gasteiger charge is -2.14. The number of aliphatic hydroxyl groups excluding tert-OH is 1. The van der Waals surface area contributed by atoms with Crippen molar-refractivity contribution in [2.45, 2.75) is 26.1 Å². The Balaban J connectivity index is 3.03. The Morgan fingerprint density at radius 1 is 1.47 bits per heavy atom. The summed E-state index contributed by atoms with van der Waals surface area (Å²) in [7, 11) is 0. The molecule has 1 N–H and O–H groups in total. The van der Waals surface area contributed by atoms with E-state index in [-0.39, 0.29) is 5.75 Å². The highest BCUT2D eigenvalue weighted by molar-refractivity contribution is 5.35. The molecule has 15 heavy (non-hydrogen) atoms. The summed E-state index contributed by atoms with van der Waals surface area (Å²) in [5.41, 5.74) is 0.471. The molecule has 1 aromatic carbocycles. The SMILES string of the molecule is CC(C#N)Oc1cc(F)ccc1[C@@H](C)O. The molecule has 0 aliphatic heterocycles. The van der Waals surface area contributed by atoms with E-state index in [1.165, 1.54) is 12.1 Å². The standard InChI is InChI=1S/C11H12FNO2/c1-7(6-13)15-11-5-9(12)3-4-10(11)8(2)14/h3-5,7-8,14H,1-2H3/t7?,8-/m1/s1. The van der Waals surface area contributed by atoms with Crippen LogP contribution in [0.5, 0.6) is 5.75 Å². The molecule has 4 heteroatoms. The third-order valence-corrected chi connectivity index (χ3v) is 1.91. The van der Waals surface area contributed by atoms with E-state index in [9.17, 15) is 9.50 Å². The van der Waals surface area contributed by atoms with Gasteiger partial charge in [0.2, 0.25) is 0 Å². The molecule has 0 heterocycles. The maximum absolute atomic E-state index is 12.9. The molecule has 0 amide bonds. The van der Waals surface area contributed by atoms with Gasteiger partial charge in [-0.3, -0.25) is 0 Å². The van der Waals surface area contributed by atoms with E-state index in [4.69, 9.17) is 10.00 Å². The van der Waals surface area contributed by atoms with Crippen molar-refractivity contribution < 1.29 is 14.2 Å². The minimum atomic E-state index is -0.758. The van der Waals surface area contributed by atoms with Gasteiger partial charge in [0.1, 0.15) is 17.6 Å². The van der Waals surface area contributed by atoms with Crippen LogP contribution in [0.2, 0.25) is 0 Å². The number of nitriles is 1. The van der Waals surface area contributed by atoms with E-state index in [0.717, 1.165) is 6.07 Å². The number of ether oxygens (including phenoxy) is 1. The number of benzene rings is 1. The van der Waals surface area contributed by atoms with E-state index in [1.54, 1.807) is 13.8 Å². The lowest BCUT2D eigenvalue weighted by molar-refractivity contribution is 0.187. The molecule has 0 saturated carbocycles. The first-order valence-electron chi connectivity index (χ1n) is 4.58. The summed E-state index contributed by atoms with van der Waals surface area (Å²) in [6, 6.07) is 5.72. The lowest BCUT2D eigenvalue weighted by Crippen LogP contribution is -2.10. The third kappa shape index (κ3) is 2.93. The first-order valence-corrected chi connectivity index (χ1v) is 4.58. The molecular formula is C11H12FNO2. The van der Waals surface area contributed by atoms with Crippen molar-refractivity contribution >= 4 is 0 Å². The molecule has 0 spiro atoms. The van der Waals surface area contributed by atoms with Gasteiger partial charge in [0.05, 0.1) is 6.10 Å². The Labute approximate surface area is 87.7 Å². The quantitative estimate of drug-likeness (QED) is 0.830. The van der Waals surface area contributed by atoms with E-state index in [0.29, 0.717) is 5.56 Å². The number of aliphatic hydroxyl groups is 1. The van der Waals surface area contributed by atoms with Crippen molar-refractivity contribution in [3.05, 3.63) is 29.6 Å². The second kappa shape index (κ2) is 4.76. The van der Waals surface area contributed by atoms with E-state index < -0.39 is 18.0 Å². The fraction of sp³-hybridized carbons (Fsp3) is 0.364. The number of rotatable bonds is 3. The monoisotopic (exact) mass is 209 g/mol. The van der Waals surface area contributed by atoms with Crippen molar-refractivity contribution in [2.24, 2.45) is 0 Å². The van der Waals surface area contributed by atoms with Gasteiger partial charge in [-0.15, -0.1) is 0 Å². The van der Waals surface area contributed by atoms with Gasteiger partial charge >= 0.3 is 0 Å². The van der Waals surface area contributed by atoms with Crippen LogP contribution in [0.3, 0.4) is 0 Å². The van der Waals surface area contributed by atoms with Crippen LogP contribution in [-0.2, 0) is 0 Å². The molecule has 0 aliphatic rings. The van der Waals surface area contributed by atoms with Crippen LogP contribution in [0.15, 0.2) is 18.2 Å². The molecule has 0 aromatic heterocycles. The number of halogens is 1. The topological polar surface area (TPSA) is 53.2 Å². The van der Waals surface area contributed by atoms with E-state index >= 15 is 0 Å². The van der Waals surface area contributed by atoms with Crippen LogP contribution in [-0.4, -0.2) is 11.2 Å². The van der Waals surface area contributed by atoms with E-state index in [2.05, 4.69) is 0 Å². The fourth-order valence-corrected chi connectivity index (χ4v) is 1.17. The zero-order valence-electron chi connectivity index (χ0n) is 8.57. The van der Waals surface area contributed by atoms with Gasteiger partial charge in [-0.25, -0.2) is 4.39 Å². The van der Waals surface area contributed by atoms with Gasteiger partial charge in [-0.2, -0.15) is 5.26 Å². The van der Waals surface area contributed by atoms with Crippen LogP contribution in [0.4, 0.5) is 4.39 Å². The molecule has 1 aromatic rings. The van der Waals surface area contributed by atoms with Crippen molar-refractivity contribution in [2.75, 3.05) is 0 Å². The second-order valence-corrected chi connectivity index (χ2v) is 3.25. The molecule has 2 atom stereocenters. The Morgan fingerprint density at radius 2 is 2.13 bits per heavy atom. The van der Waals surface area contributed by atoms with Crippen molar-refractivity contribution in [1.82, 2.24) is 0 Å². The Morgan fingerprint density at radius 3 is 2.67 bits per heavy atom. The largest absolute Gasteiger partial charge is 0.475 e. The predicted molar refractivity (Wildman–Crippen MR) is 52.7 cm³/mol. The van der Waals surface area contributed by atoms with Crippen molar-refractivity contribution in [3.63, 3.8) is 0 Å². The summed E-state index contributed by atoms with van der Waals surface area (Å²) < 4.78 is 18.1. The highest BCUT2D eigenvalue weighted by Gasteiger charge is 2.12. The number of nitrogens with zero attached hydrogens (tertiary/aromatic N) is 1. The summed E-state index contributed by atoms with van der Waals surface area (Å²) in [5.74, 6) is -0.251. The molecule has 80 valence electrons. The zero-order chi connectivity index (χ0) is 11.4. The summed E-state index contributed by atoms with van der Waals surface area (Å²) in [4.78, 5) is 0. The van der Waals surface area contributed by atoms with Crippen LogP contribution in [0.25, 0.3) is 0 Å². The van der Waals surface area contributed by atoms with Gasteiger partial charge in [-0.1, -0.05) is 0 Å². The molecule has 0 fully saturated rings. The Bertz CT molecular complexity index is 385. The van der Waals surface area contributed by atoms with Crippen molar-refractivity contribution in [1.29, 1.82) is 5.26 Å². The van der Waals surface area contributed by atoms with Crippen LogP contribution in [0.1, 0.15) is 25.5 Å². The molecule has 3 nitrogen and oxygen atoms in total. The van der Waals surface area contributed by atoms with E-state index in [1.807, 2.05) is 6.07 Å². The Kier molecular flexibility index (Phi) is 3.64. The molecule has 0 saturated heterocycles. The first kappa shape index (κ1) is 11.5. The van der Waals surface area contributed by atoms with Gasteiger partial charge in [-0.05, 0) is 26.0 Å². The summed E-state index contributed by atoms with van der Waals surface area (Å²) in [5, 5.41) is 18.0. The highest BCUT2D eigenvalue weighted by Crippen LogP contribution is 2.26. The van der Waals surface area contributed by atoms with Gasteiger partial charge in [0.25, 0.3) is 0 Å². The van der Waals surface area contributed by atoms with Crippen LogP contribution >= 0.6 is 0 Å². The average molecular weight is 209 g/mol. The molecular weight excluding hydrogens is 197 g/mol. The zero-order valence-corrected chi connectivity index (χ0v) is 8.57. The Hall–Kier alpha value is -1.60. The second-order valence-electron chi connectivity index (χ2n) is 3.25. The maximum atomic E-state index is 12.9. The van der Waals surface area contributed by atoms with Crippen molar-refractivity contribution in [3.8, 4) is 11.8 Å². The maximum Gasteiger partial charge on any atom is 0.181 e. The summed E-state index contributed by atoms with van der Waals surface area (Å²) in [6.45, 7) is 3.11. The van der Waals surface area contributed by atoms with Gasteiger partial charge < -0.3 is 9.84 Å². The third-order valence-electron chi connectivity index (χ3n) is 1.91. The fourth-order valence-electron chi connectivity index (χ4n) is 1.17. The predicted octanol–water partition coefficient (Wildman–Crippen LogP) is 2.17. The van der Waals surface area contributed by atoms with Gasteiger partial charge in [0.15, 0.2) is 6.10 Å². The molecule has 0 aliphatic carbocycles. The smallest absolute Gasteiger partial charge is 0.181 e. The van der Waals surface area contributed by atoms with Gasteiger partial charge in [0, 0.05) is 11.6 Å². The normalized spacial score (nSPS) is 14.1. The summed E-state index contributed by atoms with van der Waals surface area (Å²) >= 11 is 0.